The first-order valence-corrected chi connectivity index (χ1v) is 11.6. The lowest BCUT2D eigenvalue weighted by Gasteiger charge is -2.26. The second-order valence-electron chi connectivity index (χ2n) is 7.03. The molecule has 0 aliphatic rings. The number of hydrogen-bond donors (Lipinski definition) is 2. The standard InChI is InChI=1S/C22H28NO6P/c1-17(23-22(26)29-15-19-11-7-4-8-12-19)30(27,28-2)16-20(21(24)25)14-13-18-9-5-3-6-10-18/h3-12,17,20H,13-16H2,1-2H3,(H,23,26)(H,24,25)/t17-,20-,30?/m1/s1. The van der Waals surface area contributed by atoms with E-state index in [1.165, 1.54) is 14.0 Å². The molecule has 0 aliphatic heterocycles. The van der Waals surface area contributed by atoms with E-state index in [0.717, 1.165) is 11.1 Å². The fourth-order valence-electron chi connectivity index (χ4n) is 3.01. The van der Waals surface area contributed by atoms with Crippen molar-refractivity contribution >= 4 is 19.4 Å². The van der Waals surface area contributed by atoms with Gasteiger partial charge in [0, 0.05) is 13.3 Å². The highest BCUT2D eigenvalue weighted by atomic mass is 31.2. The van der Waals surface area contributed by atoms with Gasteiger partial charge in [0.1, 0.15) is 12.4 Å². The minimum atomic E-state index is -3.46. The first-order chi connectivity index (χ1) is 14.3. The minimum absolute atomic E-state index is 0.0749. The first kappa shape index (κ1) is 23.6. The van der Waals surface area contributed by atoms with Crippen molar-refractivity contribution in [3.8, 4) is 0 Å². The summed E-state index contributed by atoms with van der Waals surface area (Å²) in [5.74, 6) is -2.79. The van der Waals surface area contributed by atoms with E-state index >= 15 is 0 Å². The number of aliphatic carboxylic acids is 1. The molecular weight excluding hydrogens is 405 g/mol. The molecule has 0 fully saturated rings. The molecule has 0 bridgehead atoms. The summed E-state index contributed by atoms with van der Waals surface area (Å²) >= 11 is 0. The number of carbonyl (C=O) groups excluding carboxylic acids is 1. The van der Waals surface area contributed by atoms with Crippen molar-refractivity contribution in [2.45, 2.75) is 32.2 Å². The molecule has 0 aromatic heterocycles. The van der Waals surface area contributed by atoms with Gasteiger partial charge in [-0.15, -0.1) is 0 Å². The van der Waals surface area contributed by atoms with Gasteiger partial charge < -0.3 is 19.7 Å². The van der Waals surface area contributed by atoms with E-state index in [1.807, 2.05) is 60.7 Å². The summed E-state index contributed by atoms with van der Waals surface area (Å²) in [6.07, 6.45) is -0.0497. The van der Waals surface area contributed by atoms with Gasteiger partial charge in [-0.1, -0.05) is 60.7 Å². The molecule has 30 heavy (non-hydrogen) atoms. The van der Waals surface area contributed by atoms with Crippen LogP contribution in [0.15, 0.2) is 60.7 Å². The molecule has 0 saturated heterocycles. The molecule has 2 aromatic carbocycles. The zero-order valence-corrected chi connectivity index (χ0v) is 18.1. The molecular formula is C22H28NO6P. The summed E-state index contributed by atoms with van der Waals surface area (Å²) in [6, 6.07) is 18.7. The van der Waals surface area contributed by atoms with E-state index in [4.69, 9.17) is 9.26 Å². The molecule has 0 radical (unpaired) electrons. The van der Waals surface area contributed by atoms with E-state index in [9.17, 15) is 19.3 Å². The topological polar surface area (TPSA) is 102 Å². The third-order valence-corrected chi connectivity index (χ3v) is 7.76. The maximum atomic E-state index is 13.3. The maximum absolute atomic E-state index is 13.3. The van der Waals surface area contributed by atoms with Crippen LogP contribution in [-0.2, 0) is 31.6 Å². The van der Waals surface area contributed by atoms with Gasteiger partial charge in [0.15, 0.2) is 0 Å². The number of carboxylic acids is 1. The van der Waals surface area contributed by atoms with E-state index in [0.29, 0.717) is 12.8 Å². The van der Waals surface area contributed by atoms with Gasteiger partial charge in [-0.2, -0.15) is 0 Å². The molecule has 0 saturated carbocycles. The van der Waals surface area contributed by atoms with Gasteiger partial charge >= 0.3 is 12.1 Å². The van der Waals surface area contributed by atoms with Gasteiger partial charge in [-0.3, -0.25) is 9.36 Å². The number of rotatable bonds is 11. The monoisotopic (exact) mass is 433 g/mol. The number of amides is 1. The SMILES string of the molecule is COP(=O)(C[C@@H](CCc1ccccc1)C(=O)O)[C@H](C)NC(=O)OCc1ccccc1. The molecule has 2 N–H and O–H groups in total. The Morgan fingerprint density at radius 2 is 1.60 bits per heavy atom. The average Bonchev–Trinajstić information content (AvgIpc) is 2.76. The Labute approximate surface area is 176 Å². The van der Waals surface area contributed by atoms with Crippen LogP contribution in [0.1, 0.15) is 24.5 Å². The summed E-state index contributed by atoms with van der Waals surface area (Å²) in [4.78, 5) is 23.8. The fourth-order valence-corrected chi connectivity index (χ4v) is 5.05. The van der Waals surface area contributed by atoms with Crippen molar-refractivity contribution < 1.29 is 28.5 Å². The molecule has 2 aromatic rings. The number of ether oxygens (including phenoxy) is 1. The predicted molar refractivity (Wildman–Crippen MR) is 115 cm³/mol. The van der Waals surface area contributed by atoms with Crippen LogP contribution >= 0.6 is 7.37 Å². The fraction of sp³-hybridized carbons (Fsp3) is 0.364. The number of alkyl carbamates (subject to hydrolysis) is 1. The van der Waals surface area contributed by atoms with Gasteiger partial charge in [-0.05, 0) is 30.9 Å². The average molecular weight is 433 g/mol. The van der Waals surface area contributed by atoms with Gasteiger partial charge in [0.05, 0.1) is 5.92 Å². The van der Waals surface area contributed by atoms with Crippen molar-refractivity contribution in [1.29, 1.82) is 0 Å². The third kappa shape index (κ3) is 7.32. The van der Waals surface area contributed by atoms with Gasteiger partial charge in [-0.25, -0.2) is 4.79 Å². The third-order valence-electron chi connectivity index (χ3n) is 4.89. The number of aryl methyl sites for hydroxylation is 1. The molecule has 3 atom stereocenters. The van der Waals surface area contributed by atoms with Crippen LogP contribution in [0.2, 0.25) is 0 Å². The Kier molecular flexibility index (Phi) is 9.09. The lowest BCUT2D eigenvalue weighted by molar-refractivity contribution is -0.141. The first-order valence-electron chi connectivity index (χ1n) is 9.72. The van der Waals surface area contributed by atoms with Crippen molar-refractivity contribution in [1.82, 2.24) is 5.32 Å². The van der Waals surface area contributed by atoms with Crippen LogP contribution in [0.25, 0.3) is 0 Å². The summed E-state index contributed by atoms with van der Waals surface area (Å²) in [5, 5.41) is 12.1. The molecule has 0 aliphatic carbocycles. The van der Waals surface area contributed by atoms with Crippen molar-refractivity contribution in [2.75, 3.05) is 13.3 Å². The highest BCUT2D eigenvalue weighted by Gasteiger charge is 2.36. The van der Waals surface area contributed by atoms with Crippen molar-refractivity contribution in [3.05, 3.63) is 71.8 Å². The van der Waals surface area contributed by atoms with Gasteiger partial charge in [0.25, 0.3) is 0 Å². The van der Waals surface area contributed by atoms with Crippen LogP contribution in [-0.4, -0.2) is 36.2 Å². The molecule has 7 nitrogen and oxygen atoms in total. The van der Waals surface area contributed by atoms with E-state index in [-0.39, 0.29) is 12.8 Å². The van der Waals surface area contributed by atoms with Crippen molar-refractivity contribution in [2.24, 2.45) is 5.92 Å². The van der Waals surface area contributed by atoms with Gasteiger partial charge in [0.2, 0.25) is 7.37 Å². The second-order valence-corrected chi connectivity index (χ2v) is 9.99. The molecule has 8 heteroatoms. The summed E-state index contributed by atoms with van der Waals surface area (Å²) < 4.78 is 23.6. The van der Waals surface area contributed by atoms with Crippen LogP contribution in [0.3, 0.4) is 0 Å². The van der Waals surface area contributed by atoms with Crippen molar-refractivity contribution in [3.63, 3.8) is 0 Å². The highest BCUT2D eigenvalue weighted by Crippen LogP contribution is 2.52. The van der Waals surface area contributed by atoms with E-state index < -0.39 is 31.1 Å². The lowest BCUT2D eigenvalue weighted by Crippen LogP contribution is -2.35. The minimum Gasteiger partial charge on any atom is -0.481 e. The number of benzene rings is 2. The normalized spacial score (nSPS) is 14.9. The maximum Gasteiger partial charge on any atom is 0.408 e. The Morgan fingerprint density at radius 1 is 1.03 bits per heavy atom. The smallest absolute Gasteiger partial charge is 0.408 e. The van der Waals surface area contributed by atoms with Crippen LogP contribution in [0, 0.1) is 5.92 Å². The van der Waals surface area contributed by atoms with E-state index in [1.54, 1.807) is 0 Å². The van der Waals surface area contributed by atoms with E-state index in [2.05, 4.69) is 5.32 Å². The number of carbonyl (C=O) groups is 2. The number of carboxylic acid groups (broad SMARTS) is 1. The Hall–Kier alpha value is -2.63. The molecule has 162 valence electrons. The molecule has 1 amide bonds. The summed E-state index contributed by atoms with van der Waals surface area (Å²) in [6.45, 7) is 1.61. The Balaban J connectivity index is 1.94. The number of hydrogen-bond acceptors (Lipinski definition) is 5. The Bertz CT molecular complexity index is 858. The molecule has 0 spiro atoms. The largest absolute Gasteiger partial charge is 0.481 e. The predicted octanol–water partition coefficient (Wildman–Crippen LogP) is 4.52. The lowest BCUT2D eigenvalue weighted by atomic mass is 10.0. The zero-order chi connectivity index (χ0) is 22.0. The zero-order valence-electron chi connectivity index (χ0n) is 17.2. The molecule has 1 unspecified atom stereocenters. The Morgan fingerprint density at radius 3 is 2.13 bits per heavy atom. The highest BCUT2D eigenvalue weighted by molar-refractivity contribution is 7.59. The van der Waals surface area contributed by atoms with Crippen LogP contribution < -0.4 is 5.32 Å². The number of nitrogens with one attached hydrogen (secondary N) is 1. The quantitative estimate of drug-likeness (QED) is 0.506. The van der Waals surface area contributed by atoms with Crippen LogP contribution in [0.5, 0.6) is 0 Å². The summed E-state index contributed by atoms with van der Waals surface area (Å²) in [5.41, 5.74) is 1.83. The second kappa shape index (κ2) is 11.5. The summed E-state index contributed by atoms with van der Waals surface area (Å²) in [7, 11) is -2.20. The molecule has 0 heterocycles. The molecule has 2 rings (SSSR count). The van der Waals surface area contributed by atoms with Crippen LogP contribution in [0.4, 0.5) is 4.79 Å².